The third-order valence-corrected chi connectivity index (χ3v) is 5.54. The van der Waals surface area contributed by atoms with Gasteiger partial charge in [-0.2, -0.15) is 0 Å². The van der Waals surface area contributed by atoms with Crippen molar-refractivity contribution >= 4 is 34.4 Å². The second-order valence-electron chi connectivity index (χ2n) is 7.53. The lowest BCUT2D eigenvalue weighted by atomic mass is 10.0. The van der Waals surface area contributed by atoms with Gasteiger partial charge in [-0.25, -0.2) is 9.18 Å². The number of aromatic amines is 1. The van der Waals surface area contributed by atoms with Gasteiger partial charge in [0.25, 0.3) is 0 Å². The molecule has 1 aliphatic heterocycles. The predicted octanol–water partition coefficient (Wildman–Crippen LogP) is 2.56. The fourth-order valence-electron chi connectivity index (χ4n) is 3.90. The molecular formula is C23H22FN3O4. The monoisotopic (exact) mass is 423 g/mol. The highest BCUT2D eigenvalue weighted by Crippen LogP contribution is 2.26. The Bertz CT molecular complexity index is 1130. The lowest BCUT2D eigenvalue weighted by molar-refractivity contribution is -0.145. The minimum Gasteiger partial charge on any atom is -0.467 e. The summed E-state index contributed by atoms with van der Waals surface area (Å²) in [6, 6.07) is 12.3. The Hall–Kier alpha value is -3.68. The zero-order valence-electron chi connectivity index (χ0n) is 16.9. The molecule has 1 aromatic heterocycles. The molecule has 2 aromatic carbocycles. The van der Waals surface area contributed by atoms with Crippen molar-refractivity contribution in [3.8, 4) is 0 Å². The van der Waals surface area contributed by atoms with Crippen LogP contribution in [0.15, 0.2) is 54.7 Å². The number of anilines is 1. The number of para-hydroxylation sites is 1. The van der Waals surface area contributed by atoms with Gasteiger partial charge in [-0.05, 0) is 35.9 Å². The number of ether oxygens (including phenoxy) is 1. The van der Waals surface area contributed by atoms with E-state index in [0.29, 0.717) is 5.69 Å². The number of carbonyl (C=O) groups is 3. The molecule has 1 saturated heterocycles. The first kappa shape index (κ1) is 20.6. The Morgan fingerprint density at radius 1 is 1.23 bits per heavy atom. The highest BCUT2D eigenvalue weighted by atomic mass is 19.1. The zero-order chi connectivity index (χ0) is 22.0. The molecule has 3 aromatic rings. The quantitative estimate of drug-likeness (QED) is 0.596. The number of rotatable bonds is 6. The molecule has 0 saturated carbocycles. The Balaban J connectivity index is 1.47. The van der Waals surface area contributed by atoms with Crippen LogP contribution in [0, 0.1) is 11.7 Å². The molecule has 1 aliphatic rings. The van der Waals surface area contributed by atoms with E-state index in [-0.39, 0.29) is 25.3 Å². The fraction of sp³-hybridized carbons (Fsp3) is 0.261. The molecule has 0 aliphatic carbocycles. The van der Waals surface area contributed by atoms with Crippen LogP contribution in [-0.4, -0.2) is 42.5 Å². The van der Waals surface area contributed by atoms with Crippen LogP contribution in [0.5, 0.6) is 0 Å². The Labute approximate surface area is 178 Å². The predicted molar refractivity (Wildman–Crippen MR) is 113 cm³/mol. The van der Waals surface area contributed by atoms with Gasteiger partial charge >= 0.3 is 5.97 Å². The lowest BCUT2D eigenvalue weighted by Gasteiger charge is -2.19. The van der Waals surface area contributed by atoms with Crippen molar-refractivity contribution in [1.82, 2.24) is 10.3 Å². The van der Waals surface area contributed by atoms with E-state index >= 15 is 0 Å². The van der Waals surface area contributed by atoms with Crippen LogP contribution in [0.3, 0.4) is 0 Å². The molecule has 0 bridgehead atoms. The van der Waals surface area contributed by atoms with E-state index in [2.05, 4.69) is 10.3 Å². The fourth-order valence-corrected chi connectivity index (χ4v) is 3.90. The number of esters is 1. The average molecular weight is 423 g/mol. The second-order valence-corrected chi connectivity index (χ2v) is 7.53. The summed E-state index contributed by atoms with van der Waals surface area (Å²) in [6.45, 7) is 0.164. The summed E-state index contributed by atoms with van der Waals surface area (Å²) in [7, 11) is 1.27. The van der Waals surface area contributed by atoms with E-state index in [1.54, 1.807) is 0 Å². The van der Waals surface area contributed by atoms with Crippen molar-refractivity contribution in [2.24, 2.45) is 5.92 Å². The Kier molecular flexibility index (Phi) is 5.70. The van der Waals surface area contributed by atoms with E-state index in [0.717, 1.165) is 16.5 Å². The van der Waals surface area contributed by atoms with Crippen LogP contribution in [-0.2, 0) is 25.5 Å². The molecule has 2 amide bonds. The van der Waals surface area contributed by atoms with E-state index < -0.39 is 29.7 Å². The number of benzene rings is 2. The van der Waals surface area contributed by atoms with Crippen LogP contribution in [0.25, 0.3) is 10.9 Å². The number of amides is 2. The summed E-state index contributed by atoms with van der Waals surface area (Å²) in [5.74, 6) is -2.19. The third-order valence-electron chi connectivity index (χ3n) is 5.54. The summed E-state index contributed by atoms with van der Waals surface area (Å²) in [4.78, 5) is 42.2. The van der Waals surface area contributed by atoms with Crippen LogP contribution in [0.2, 0.25) is 0 Å². The van der Waals surface area contributed by atoms with Crippen LogP contribution >= 0.6 is 0 Å². The molecule has 2 N–H and O–H groups in total. The summed E-state index contributed by atoms with van der Waals surface area (Å²) < 4.78 is 18.1. The molecule has 1 fully saturated rings. The van der Waals surface area contributed by atoms with Gasteiger partial charge in [0.2, 0.25) is 11.8 Å². The average Bonchev–Trinajstić information content (AvgIpc) is 3.37. The number of H-pyrrole nitrogens is 1. The maximum atomic E-state index is 13.2. The number of fused-ring (bicyclic) bond motifs is 1. The number of hydrogen-bond acceptors (Lipinski definition) is 4. The van der Waals surface area contributed by atoms with E-state index in [4.69, 9.17) is 4.74 Å². The van der Waals surface area contributed by atoms with E-state index in [1.165, 1.54) is 36.3 Å². The van der Waals surface area contributed by atoms with Gasteiger partial charge in [-0.3, -0.25) is 9.59 Å². The smallest absolute Gasteiger partial charge is 0.328 e. The van der Waals surface area contributed by atoms with Crippen molar-refractivity contribution < 1.29 is 23.5 Å². The molecule has 7 nitrogen and oxygen atoms in total. The number of aromatic nitrogens is 1. The van der Waals surface area contributed by atoms with Crippen molar-refractivity contribution in [2.75, 3.05) is 18.6 Å². The van der Waals surface area contributed by atoms with Gasteiger partial charge in [-0.15, -0.1) is 0 Å². The maximum Gasteiger partial charge on any atom is 0.328 e. The molecule has 0 unspecified atom stereocenters. The van der Waals surface area contributed by atoms with Crippen molar-refractivity contribution in [1.29, 1.82) is 0 Å². The molecule has 160 valence electrons. The van der Waals surface area contributed by atoms with Gasteiger partial charge < -0.3 is 19.9 Å². The van der Waals surface area contributed by atoms with Gasteiger partial charge in [0, 0.05) is 42.2 Å². The summed E-state index contributed by atoms with van der Waals surface area (Å²) in [5.41, 5.74) is 2.34. The van der Waals surface area contributed by atoms with Gasteiger partial charge in [-0.1, -0.05) is 18.2 Å². The standard InChI is InChI=1S/C23H22FN3O4/c1-31-23(30)20(10-14-12-25-19-5-3-2-4-18(14)19)26-22(29)15-11-21(28)27(13-15)17-8-6-16(24)7-9-17/h2-9,12,15,20,25H,10-11,13H2,1H3,(H,26,29)/t15-,20-/m0/s1. The lowest BCUT2D eigenvalue weighted by Crippen LogP contribution is -2.46. The Morgan fingerprint density at radius 3 is 2.71 bits per heavy atom. The van der Waals surface area contributed by atoms with Gasteiger partial charge in [0.15, 0.2) is 0 Å². The second kappa shape index (κ2) is 8.59. The van der Waals surface area contributed by atoms with Gasteiger partial charge in [0.05, 0.1) is 13.0 Å². The highest BCUT2D eigenvalue weighted by Gasteiger charge is 2.37. The normalized spacial score (nSPS) is 17.0. The molecule has 2 atom stereocenters. The maximum absolute atomic E-state index is 13.2. The minimum absolute atomic E-state index is 0.0180. The van der Waals surface area contributed by atoms with Gasteiger partial charge in [0.1, 0.15) is 11.9 Å². The van der Waals surface area contributed by atoms with Crippen molar-refractivity contribution in [3.63, 3.8) is 0 Å². The molecule has 8 heteroatoms. The van der Waals surface area contributed by atoms with Crippen molar-refractivity contribution in [2.45, 2.75) is 18.9 Å². The molecule has 0 radical (unpaired) electrons. The first-order valence-corrected chi connectivity index (χ1v) is 9.95. The summed E-state index contributed by atoms with van der Waals surface area (Å²) >= 11 is 0. The molecule has 31 heavy (non-hydrogen) atoms. The minimum atomic E-state index is -0.883. The van der Waals surface area contributed by atoms with E-state index in [1.807, 2.05) is 30.5 Å². The SMILES string of the molecule is COC(=O)[C@H](Cc1c[nH]c2ccccc12)NC(=O)[C@H]1CC(=O)N(c2ccc(F)cc2)C1. The highest BCUT2D eigenvalue weighted by molar-refractivity contribution is 6.01. The largest absolute Gasteiger partial charge is 0.467 e. The van der Waals surface area contributed by atoms with Crippen LogP contribution in [0.4, 0.5) is 10.1 Å². The number of nitrogens with zero attached hydrogens (tertiary/aromatic N) is 1. The molecular weight excluding hydrogens is 401 g/mol. The Morgan fingerprint density at radius 2 is 1.97 bits per heavy atom. The topological polar surface area (TPSA) is 91.5 Å². The molecule has 0 spiro atoms. The first-order chi connectivity index (χ1) is 15.0. The number of hydrogen-bond donors (Lipinski definition) is 2. The molecule has 4 rings (SSSR count). The van der Waals surface area contributed by atoms with Crippen LogP contribution in [0.1, 0.15) is 12.0 Å². The van der Waals surface area contributed by atoms with Crippen LogP contribution < -0.4 is 10.2 Å². The molecule has 2 heterocycles. The zero-order valence-corrected chi connectivity index (χ0v) is 16.9. The number of halogens is 1. The number of methoxy groups -OCH3 is 1. The third kappa shape index (κ3) is 4.28. The summed E-state index contributed by atoms with van der Waals surface area (Å²) in [6.07, 6.45) is 2.08. The number of carbonyl (C=O) groups excluding carboxylic acids is 3. The van der Waals surface area contributed by atoms with E-state index in [9.17, 15) is 18.8 Å². The summed E-state index contributed by atoms with van der Waals surface area (Å²) in [5, 5.41) is 3.71. The number of nitrogens with one attached hydrogen (secondary N) is 2. The first-order valence-electron chi connectivity index (χ1n) is 9.95. The van der Waals surface area contributed by atoms with Crippen molar-refractivity contribution in [3.05, 3.63) is 66.1 Å².